The Morgan fingerprint density at radius 2 is 0.646 bits per heavy atom. The van der Waals surface area contributed by atoms with Crippen molar-refractivity contribution in [1.29, 1.82) is 0 Å². The number of aromatic hydroxyl groups is 2. The Morgan fingerprint density at radius 1 is 0.375 bits per heavy atom. The summed E-state index contributed by atoms with van der Waals surface area (Å²) in [6.07, 6.45) is 0. The second-order valence-electron chi connectivity index (χ2n) is 10.3. The third-order valence-corrected chi connectivity index (χ3v) is 11.5. The van der Waals surface area contributed by atoms with Gasteiger partial charge in [0.1, 0.15) is 11.5 Å². The van der Waals surface area contributed by atoms with Gasteiger partial charge in [-0.3, -0.25) is 0 Å². The first-order valence-electron chi connectivity index (χ1n) is 14.6. The molecule has 6 nitrogen and oxygen atoms in total. The Labute approximate surface area is 293 Å². The molecule has 48 heavy (non-hydrogen) atoms. The molecule has 6 aromatic carbocycles. The lowest BCUT2D eigenvalue weighted by atomic mass is 10.2. The van der Waals surface area contributed by atoms with Gasteiger partial charge in [-0.25, -0.2) is 9.59 Å². The third-order valence-electron chi connectivity index (χ3n) is 7.10. The van der Waals surface area contributed by atoms with Gasteiger partial charge in [0.15, 0.2) is 11.5 Å². The summed E-state index contributed by atoms with van der Waals surface area (Å²) < 4.78 is 12.1. The van der Waals surface area contributed by atoms with Crippen LogP contribution in [0.15, 0.2) is 173 Å². The Hall–Kier alpha value is -4.74. The summed E-state index contributed by atoms with van der Waals surface area (Å²) in [7, 11) is 0. The SMILES string of the molecule is O=C(Oc1c2cccc1Sc1cccc(c1O)Sc1cccc(c1OC(=O)c1ccccc1)Sc1cccc(c1O)S2)c1ccccc1. The molecule has 8 bridgehead atoms. The number of carbonyl (C=O) groups is 2. The number of para-hydroxylation sites is 4. The molecule has 0 saturated carbocycles. The topological polar surface area (TPSA) is 93.1 Å². The van der Waals surface area contributed by atoms with Gasteiger partial charge in [0, 0.05) is 0 Å². The van der Waals surface area contributed by atoms with Crippen molar-refractivity contribution in [3.63, 3.8) is 0 Å². The van der Waals surface area contributed by atoms with E-state index in [1.54, 1.807) is 72.8 Å². The molecule has 7 rings (SSSR count). The van der Waals surface area contributed by atoms with Gasteiger partial charge in [0.05, 0.1) is 50.3 Å². The van der Waals surface area contributed by atoms with E-state index in [4.69, 9.17) is 9.47 Å². The molecule has 0 amide bonds. The lowest BCUT2D eigenvalue weighted by Crippen LogP contribution is -2.09. The quantitative estimate of drug-likeness (QED) is 0.136. The van der Waals surface area contributed by atoms with Gasteiger partial charge >= 0.3 is 11.9 Å². The minimum absolute atomic E-state index is 0.0271. The number of benzene rings is 6. The third kappa shape index (κ3) is 6.79. The lowest BCUT2D eigenvalue weighted by Gasteiger charge is -2.18. The van der Waals surface area contributed by atoms with Crippen molar-refractivity contribution in [2.75, 3.05) is 0 Å². The molecular weight excluding hydrogens is 681 g/mol. The zero-order valence-corrected chi connectivity index (χ0v) is 28.1. The summed E-state index contributed by atoms with van der Waals surface area (Å²) in [6, 6.07) is 39.2. The fraction of sp³-hybridized carbons (Fsp3) is 0. The highest BCUT2D eigenvalue weighted by molar-refractivity contribution is 8.01. The Balaban J connectivity index is 1.37. The number of ether oxygens (including phenoxy) is 2. The fourth-order valence-electron chi connectivity index (χ4n) is 4.77. The zero-order valence-electron chi connectivity index (χ0n) is 24.9. The van der Waals surface area contributed by atoms with Gasteiger partial charge in [-0.1, -0.05) is 108 Å². The van der Waals surface area contributed by atoms with Crippen LogP contribution in [0.2, 0.25) is 0 Å². The van der Waals surface area contributed by atoms with Crippen molar-refractivity contribution < 1.29 is 29.3 Å². The molecule has 0 fully saturated rings. The maximum absolute atomic E-state index is 13.3. The molecule has 0 saturated heterocycles. The molecule has 0 radical (unpaired) electrons. The Kier molecular flexibility index (Phi) is 9.40. The summed E-state index contributed by atoms with van der Waals surface area (Å²) in [6.45, 7) is 0. The predicted octanol–water partition coefficient (Wildman–Crippen LogP) is 10.5. The fourth-order valence-corrected chi connectivity index (χ4v) is 8.96. The molecule has 6 aromatic rings. The van der Waals surface area contributed by atoms with Crippen molar-refractivity contribution in [3.05, 3.63) is 145 Å². The Bertz CT molecular complexity index is 1920. The number of fused-ring (bicyclic) bond motifs is 8. The van der Waals surface area contributed by atoms with Crippen molar-refractivity contribution in [2.24, 2.45) is 0 Å². The second-order valence-corrected chi connectivity index (χ2v) is 14.6. The van der Waals surface area contributed by atoms with Crippen molar-refractivity contribution in [1.82, 2.24) is 0 Å². The molecule has 10 heteroatoms. The average Bonchev–Trinajstić information content (AvgIpc) is 3.11. The smallest absolute Gasteiger partial charge is 0.343 e. The first-order valence-corrected chi connectivity index (χ1v) is 17.9. The summed E-state index contributed by atoms with van der Waals surface area (Å²) >= 11 is 5.01. The number of hydrogen-bond acceptors (Lipinski definition) is 10. The van der Waals surface area contributed by atoms with Crippen molar-refractivity contribution in [2.45, 2.75) is 39.2 Å². The van der Waals surface area contributed by atoms with Crippen LogP contribution in [0.25, 0.3) is 0 Å². The molecule has 0 unspecified atom stereocenters. The molecule has 1 aliphatic heterocycles. The maximum atomic E-state index is 13.3. The van der Waals surface area contributed by atoms with E-state index in [-0.39, 0.29) is 11.5 Å². The van der Waals surface area contributed by atoms with Crippen molar-refractivity contribution >= 4 is 59.0 Å². The first kappa shape index (κ1) is 31.8. The number of hydrogen-bond donors (Lipinski definition) is 2. The number of rotatable bonds is 4. The van der Waals surface area contributed by atoms with Crippen LogP contribution < -0.4 is 9.47 Å². The minimum atomic E-state index is -0.530. The highest BCUT2D eigenvalue weighted by Gasteiger charge is 2.24. The summed E-state index contributed by atoms with van der Waals surface area (Å²) in [5, 5.41) is 23.1. The van der Waals surface area contributed by atoms with Gasteiger partial charge in [0.2, 0.25) is 0 Å². The van der Waals surface area contributed by atoms with Gasteiger partial charge in [-0.05, 0) is 72.8 Å². The minimum Gasteiger partial charge on any atom is -0.506 e. The standard InChI is InChI=1S/C38H24O6S4/c39-33-25-15-7-17-27(33)47-31-21-10-22-32(36(31)44-38(42)24-13-5-2-6-14-24)48-28-18-8-16-26(34(28)40)46-30-20-9-19-29(45-25)35(30)43-37(41)23-11-3-1-4-12-23/h1-22,39-40H. The van der Waals surface area contributed by atoms with E-state index < -0.39 is 11.9 Å². The number of phenolic OH excluding ortho intramolecular Hbond substituents is 2. The van der Waals surface area contributed by atoms with E-state index in [9.17, 15) is 19.8 Å². The molecule has 0 spiro atoms. The molecule has 236 valence electrons. The molecule has 0 aliphatic carbocycles. The molecule has 0 aromatic heterocycles. The van der Waals surface area contributed by atoms with Crippen LogP contribution in [0, 0.1) is 0 Å². The largest absolute Gasteiger partial charge is 0.506 e. The maximum Gasteiger partial charge on any atom is 0.343 e. The summed E-state index contributed by atoms with van der Waals surface area (Å²) in [5.41, 5.74) is 0.783. The van der Waals surface area contributed by atoms with Crippen LogP contribution in [0.4, 0.5) is 0 Å². The van der Waals surface area contributed by atoms with E-state index >= 15 is 0 Å². The Morgan fingerprint density at radius 3 is 0.938 bits per heavy atom. The average molecular weight is 705 g/mol. The zero-order chi connectivity index (χ0) is 33.0. The van der Waals surface area contributed by atoms with Crippen LogP contribution in [-0.4, -0.2) is 22.2 Å². The molecule has 2 N–H and O–H groups in total. The van der Waals surface area contributed by atoms with Gasteiger partial charge in [-0.2, -0.15) is 0 Å². The highest BCUT2D eigenvalue weighted by atomic mass is 32.2. The van der Waals surface area contributed by atoms with Gasteiger partial charge < -0.3 is 19.7 Å². The number of phenols is 2. The van der Waals surface area contributed by atoms with Crippen LogP contribution >= 0.6 is 47.0 Å². The van der Waals surface area contributed by atoms with Gasteiger partial charge in [0.25, 0.3) is 0 Å². The van der Waals surface area contributed by atoms with E-state index in [2.05, 4.69) is 0 Å². The molecule has 0 atom stereocenters. The van der Waals surface area contributed by atoms with Crippen LogP contribution in [-0.2, 0) is 0 Å². The van der Waals surface area contributed by atoms with E-state index in [1.807, 2.05) is 60.7 Å². The van der Waals surface area contributed by atoms with Crippen LogP contribution in [0.1, 0.15) is 20.7 Å². The molecular formula is C38H24O6S4. The van der Waals surface area contributed by atoms with E-state index in [0.29, 0.717) is 61.8 Å². The highest BCUT2D eigenvalue weighted by Crippen LogP contribution is 2.53. The number of carbonyl (C=O) groups excluding carboxylic acids is 2. The first-order chi connectivity index (χ1) is 23.4. The van der Waals surface area contributed by atoms with Crippen molar-refractivity contribution in [3.8, 4) is 23.0 Å². The molecule has 1 heterocycles. The summed E-state index contributed by atoms with van der Waals surface area (Å²) in [5.74, 6) is -0.387. The van der Waals surface area contributed by atoms with Crippen LogP contribution in [0.5, 0.6) is 23.0 Å². The molecule has 1 aliphatic rings. The van der Waals surface area contributed by atoms with Gasteiger partial charge in [-0.15, -0.1) is 0 Å². The van der Waals surface area contributed by atoms with Crippen LogP contribution in [0.3, 0.4) is 0 Å². The number of esters is 2. The normalized spacial score (nSPS) is 12.2. The second kappa shape index (κ2) is 14.2. The predicted molar refractivity (Wildman–Crippen MR) is 188 cm³/mol. The van der Waals surface area contributed by atoms with E-state index in [1.165, 1.54) is 47.0 Å². The summed E-state index contributed by atoms with van der Waals surface area (Å²) in [4.78, 5) is 31.1. The van der Waals surface area contributed by atoms with E-state index in [0.717, 1.165) is 0 Å². The monoisotopic (exact) mass is 704 g/mol. The lowest BCUT2D eigenvalue weighted by molar-refractivity contribution is 0.0716.